The predicted octanol–water partition coefficient (Wildman–Crippen LogP) is 1.83. The highest BCUT2D eigenvalue weighted by molar-refractivity contribution is 5.71. The predicted molar refractivity (Wildman–Crippen MR) is 65.5 cm³/mol. The monoisotopic (exact) mass is 249 g/mol. The Morgan fingerprint density at radius 1 is 1.33 bits per heavy atom. The first-order chi connectivity index (χ1) is 8.74. The van der Waals surface area contributed by atoms with Crippen LogP contribution < -0.4 is 14.8 Å². The molecule has 0 fully saturated rings. The van der Waals surface area contributed by atoms with Gasteiger partial charge >= 0.3 is 5.97 Å². The van der Waals surface area contributed by atoms with Crippen LogP contribution in [0.3, 0.4) is 0 Å². The topological polar surface area (TPSA) is 67.8 Å². The van der Waals surface area contributed by atoms with Crippen molar-refractivity contribution < 1.29 is 19.4 Å². The van der Waals surface area contributed by atoms with Gasteiger partial charge in [0.1, 0.15) is 13.2 Å². The summed E-state index contributed by atoms with van der Waals surface area (Å²) in [5.41, 5.74) is 1.99. The Balaban J connectivity index is 1.98. The van der Waals surface area contributed by atoms with Gasteiger partial charge in [0.2, 0.25) is 0 Å². The van der Waals surface area contributed by atoms with E-state index in [1.807, 2.05) is 12.1 Å². The number of fused-ring (bicyclic) bond motifs is 2. The van der Waals surface area contributed by atoms with Gasteiger partial charge in [-0.2, -0.15) is 0 Å². The minimum absolute atomic E-state index is 0.0505. The van der Waals surface area contributed by atoms with Gasteiger partial charge in [-0.3, -0.25) is 4.79 Å². The highest BCUT2D eigenvalue weighted by atomic mass is 16.6. The fourth-order valence-corrected chi connectivity index (χ4v) is 2.55. The number of hydrogen-bond donors (Lipinski definition) is 2. The molecule has 5 nitrogen and oxygen atoms in total. The molecule has 2 N–H and O–H groups in total. The molecule has 0 saturated heterocycles. The molecule has 1 aromatic rings. The van der Waals surface area contributed by atoms with Crippen LogP contribution in [0.15, 0.2) is 12.1 Å². The molecule has 2 aliphatic rings. The molecule has 5 heteroatoms. The van der Waals surface area contributed by atoms with Crippen LogP contribution in [0.5, 0.6) is 11.5 Å². The second kappa shape index (κ2) is 4.40. The molecule has 0 saturated carbocycles. The van der Waals surface area contributed by atoms with E-state index in [-0.39, 0.29) is 12.3 Å². The highest BCUT2D eigenvalue weighted by Crippen LogP contribution is 2.42. The summed E-state index contributed by atoms with van der Waals surface area (Å²) in [6, 6.07) is 3.83. The number of hydrogen-bond acceptors (Lipinski definition) is 4. The van der Waals surface area contributed by atoms with Crippen molar-refractivity contribution in [3.63, 3.8) is 0 Å². The number of anilines is 1. The summed E-state index contributed by atoms with van der Waals surface area (Å²) < 4.78 is 11.1. The molecule has 0 aliphatic carbocycles. The van der Waals surface area contributed by atoms with Crippen molar-refractivity contribution >= 4 is 11.7 Å². The minimum Gasteiger partial charge on any atom is -0.486 e. The largest absolute Gasteiger partial charge is 0.486 e. The Kier molecular flexibility index (Phi) is 2.74. The molecular formula is C13H15NO4. The Bertz CT molecular complexity index is 486. The van der Waals surface area contributed by atoms with Gasteiger partial charge in [-0.15, -0.1) is 0 Å². The summed E-state index contributed by atoms with van der Waals surface area (Å²) in [4.78, 5) is 10.9. The molecule has 96 valence electrons. The van der Waals surface area contributed by atoms with Crippen LogP contribution in [-0.4, -0.2) is 30.8 Å². The second-order valence-corrected chi connectivity index (χ2v) is 4.59. The lowest BCUT2D eigenvalue weighted by Crippen LogP contribution is -2.21. The van der Waals surface area contributed by atoms with Crippen molar-refractivity contribution in [2.24, 2.45) is 0 Å². The molecule has 0 bridgehead atoms. The van der Waals surface area contributed by atoms with Crippen LogP contribution in [0.4, 0.5) is 5.69 Å². The fraction of sp³-hybridized carbons (Fsp3) is 0.462. The number of ether oxygens (including phenoxy) is 2. The van der Waals surface area contributed by atoms with Crippen LogP contribution in [0.2, 0.25) is 0 Å². The molecule has 2 heterocycles. The van der Waals surface area contributed by atoms with Gasteiger partial charge in [0.25, 0.3) is 0 Å². The third-order valence-corrected chi connectivity index (χ3v) is 3.38. The molecule has 0 aromatic heterocycles. The van der Waals surface area contributed by atoms with Crippen molar-refractivity contribution in [3.05, 3.63) is 17.7 Å². The van der Waals surface area contributed by atoms with Crippen LogP contribution in [0, 0.1) is 0 Å². The zero-order chi connectivity index (χ0) is 12.5. The van der Waals surface area contributed by atoms with Crippen molar-refractivity contribution in [1.82, 2.24) is 0 Å². The number of rotatable bonds is 2. The van der Waals surface area contributed by atoms with Crippen molar-refractivity contribution in [3.8, 4) is 11.5 Å². The Morgan fingerprint density at radius 2 is 2.06 bits per heavy atom. The SMILES string of the molecule is O=C(O)CC1CCNc2cc3c(cc21)OCCO3. The van der Waals surface area contributed by atoms with E-state index in [2.05, 4.69) is 5.32 Å². The van der Waals surface area contributed by atoms with Crippen molar-refractivity contribution in [1.29, 1.82) is 0 Å². The summed E-state index contributed by atoms with van der Waals surface area (Å²) in [6.07, 6.45) is 0.993. The lowest BCUT2D eigenvalue weighted by molar-refractivity contribution is -0.137. The molecular weight excluding hydrogens is 234 g/mol. The van der Waals surface area contributed by atoms with Gasteiger partial charge in [0, 0.05) is 18.3 Å². The van der Waals surface area contributed by atoms with Gasteiger partial charge in [0.15, 0.2) is 11.5 Å². The van der Waals surface area contributed by atoms with Gasteiger partial charge in [-0.05, 0) is 24.0 Å². The maximum atomic E-state index is 10.9. The fourth-order valence-electron chi connectivity index (χ4n) is 2.55. The molecule has 0 spiro atoms. The van der Waals surface area contributed by atoms with Crippen LogP contribution in [0.1, 0.15) is 24.3 Å². The summed E-state index contributed by atoms with van der Waals surface area (Å²) >= 11 is 0. The lowest BCUT2D eigenvalue weighted by Gasteiger charge is -2.28. The maximum absolute atomic E-state index is 10.9. The average Bonchev–Trinajstić information content (AvgIpc) is 2.36. The van der Waals surface area contributed by atoms with E-state index in [9.17, 15) is 4.79 Å². The van der Waals surface area contributed by atoms with E-state index in [0.29, 0.717) is 13.2 Å². The van der Waals surface area contributed by atoms with Crippen LogP contribution in [0.25, 0.3) is 0 Å². The van der Waals surface area contributed by atoms with Gasteiger partial charge in [-0.1, -0.05) is 0 Å². The molecule has 1 unspecified atom stereocenters. The minimum atomic E-state index is -0.761. The van der Waals surface area contributed by atoms with E-state index in [4.69, 9.17) is 14.6 Å². The first-order valence-electron chi connectivity index (χ1n) is 6.13. The number of carbonyl (C=O) groups is 1. The first-order valence-corrected chi connectivity index (χ1v) is 6.13. The van der Waals surface area contributed by atoms with Gasteiger partial charge in [0.05, 0.1) is 6.42 Å². The summed E-state index contributed by atoms with van der Waals surface area (Å²) in [7, 11) is 0. The number of carboxylic acids is 1. The number of aliphatic carboxylic acids is 1. The molecule has 2 aliphatic heterocycles. The standard InChI is InChI=1S/C13H15NO4/c15-13(16)5-8-1-2-14-10-7-12-11(6-9(8)10)17-3-4-18-12/h6-8,14H,1-5H2,(H,15,16). The van der Waals surface area contributed by atoms with Gasteiger partial charge < -0.3 is 19.9 Å². The first kappa shape index (κ1) is 11.2. The van der Waals surface area contributed by atoms with E-state index >= 15 is 0 Å². The maximum Gasteiger partial charge on any atom is 0.303 e. The molecule has 0 radical (unpaired) electrons. The Labute approximate surface area is 105 Å². The molecule has 0 amide bonds. The third kappa shape index (κ3) is 1.96. The number of nitrogens with one attached hydrogen (secondary N) is 1. The number of benzene rings is 1. The molecule has 1 aromatic carbocycles. The van der Waals surface area contributed by atoms with Crippen LogP contribution in [-0.2, 0) is 4.79 Å². The summed E-state index contributed by atoms with van der Waals surface area (Å²) in [5, 5.41) is 12.2. The normalized spacial score (nSPS) is 20.8. The molecule has 1 atom stereocenters. The number of carboxylic acid groups (broad SMARTS) is 1. The lowest BCUT2D eigenvalue weighted by atomic mass is 9.88. The highest BCUT2D eigenvalue weighted by Gasteiger charge is 2.25. The van der Waals surface area contributed by atoms with E-state index in [0.717, 1.165) is 35.7 Å². The van der Waals surface area contributed by atoms with Crippen molar-refractivity contribution in [2.75, 3.05) is 25.1 Å². The molecule has 18 heavy (non-hydrogen) atoms. The smallest absolute Gasteiger partial charge is 0.303 e. The zero-order valence-corrected chi connectivity index (χ0v) is 9.94. The Morgan fingerprint density at radius 3 is 2.78 bits per heavy atom. The second-order valence-electron chi connectivity index (χ2n) is 4.59. The van der Waals surface area contributed by atoms with E-state index in [1.165, 1.54) is 0 Å². The van der Waals surface area contributed by atoms with Crippen molar-refractivity contribution in [2.45, 2.75) is 18.8 Å². The summed E-state index contributed by atoms with van der Waals surface area (Å²) in [5.74, 6) is 0.750. The third-order valence-electron chi connectivity index (χ3n) is 3.38. The van der Waals surface area contributed by atoms with E-state index in [1.54, 1.807) is 0 Å². The Hall–Kier alpha value is -1.91. The van der Waals surface area contributed by atoms with Crippen LogP contribution >= 0.6 is 0 Å². The molecule has 3 rings (SSSR count). The van der Waals surface area contributed by atoms with E-state index < -0.39 is 5.97 Å². The average molecular weight is 249 g/mol. The van der Waals surface area contributed by atoms with Gasteiger partial charge in [-0.25, -0.2) is 0 Å². The summed E-state index contributed by atoms with van der Waals surface area (Å²) in [6.45, 7) is 1.90. The zero-order valence-electron chi connectivity index (χ0n) is 9.94. The quantitative estimate of drug-likeness (QED) is 0.837.